The highest BCUT2D eigenvalue weighted by atomic mass is 16.5. The molecule has 1 N–H and O–H groups in total. The van der Waals surface area contributed by atoms with Gasteiger partial charge in [0.25, 0.3) is 0 Å². The van der Waals surface area contributed by atoms with Gasteiger partial charge < -0.3 is 9.84 Å². The van der Waals surface area contributed by atoms with Crippen LogP contribution in [0.4, 0.5) is 0 Å². The van der Waals surface area contributed by atoms with Crippen LogP contribution in [0.2, 0.25) is 0 Å². The number of esters is 1. The molecule has 0 spiro atoms. The molecular weight excluding hydrogens is 292 g/mol. The highest BCUT2D eigenvalue weighted by Gasteiger charge is 2.28. The summed E-state index contributed by atoms with van der Waals surface area (Å²) < 4.78 is 5.56. The Morgan fingerprint density at radius 1 is 1.17 bits per heavy atom. The molecule has 1 fully saturated rings. The Bertz CT molecular complexity index is 544. The van der Waals surface area contributed by atoms with Crippen LogP contribution >= 0.6 is 0 Å². The molecule has 1 aliphatic carbocycles. The van der Waals surface area contributed by atoms with Crippen molar-refractivity contribution in [3.63, 3.8) is 0 Å². The monoisotopic (exact) mass is 318 g/mol. The number of hydrogen-bond donors (Lipinski definition) is 1. The molecule has 0 saturated heterocycles. The van der Waals surface area contributed by atoms with Crippen LogP contribution < -0.4 is 0 Å². The van der Waals surface area contributed by atoms with E-state index in [-0.39, 0.29) is 17.2 Å². The molecule has 0 bridgehead atoms. The van der Waals surface area contributed by atoms with E-state index < -0.39 is 11.9 Å². The van der Waals surface area contributed by atoms with E-state index in [4.69, 9.17) is 9.84 Å². The van der Waals surface area contributed by atoms with Crippen molar-refractivity contribution in [3.8, 4) is 0 Å². The zero-order chi connectivity index (χ0) is 16.8. The average molecular weight is 318 g/mol. The van der Waals surface area contributed by atoms with E-state index in [1.807, 2.05) is 6.92 Å². The summed E-state index contributed by atoms with van der Waals surface area (Å²) in [5, 5.41) is 9.17. The minimum absolute atomic E-state index is 0.00338. The van der Waals surface area contributed by atoms with Gasteiger partial charge in [-0.25, -0.2) is 9.59 Å². The van der Waals surface area contributed by atoms with E-state index >= 15 is 0 Å². The lowest BCUT2D eigenvalue weighted by atomic mass is 9.78. The Balaban J connectivity index is 1.94. The molecule has 1 saturated carbocycles. The lowest BCUT2D eigenvalue weighted by molar-refractivity contribution is 0.0109. The molecule has 0 amide bonds. The molecule has 1 atom stereocenters. The fourth-order valence-corrected chi connectivity index (χ4v) is 3.53. The van der Waals surface area contributed by atoms with Crippen LogP contribution in [0.5, 0.6) is 0 Å². The number of carboxylic acids is 1. The first kappa shape index (κ1) is 17.5. The largest absolute Gasteiger partial charge is 0.478 e. The first-order chi connectivity index (χ1) is 11.0. The van der Waals surface area contributed by atoms with Crippen LogP contribution in [0.25, 0.3) is 0 Å². The van der Waals surface area contributed by atoms with Gasteiger partial charge in [0.05, 0.1) is 11.1 Å². The van der Waals surface area contributed by atoms with Crippen LogP contribution in [0.1, 0.15) is 73.1 Å². The summed E-state index contributed by atoms with van der Waals surface area (Å²) in [6.45, 7) is 4.14. The third kappa shape index (κ3) is 4.57. The number of aromatic carboxylic acids is 1. The van der Waals surface area contributed by atoms with E-state index in [0.717, 1.165) is 18.8 Å². The summed E-state index contributed by atoms with van der Waals surface area (Å²) in [5.41, 5.74) is 0.128. The molecular formula is C19H26O4. The molecule has 0 aromatic heterocycles. The highest BCUT2D eigenvalue weighted by Crippen LogP contribution is 2.34. The third-order valence-electron chi connectivity index (χ3n) is 4.92. The van der Waals surface area contributed by atoms with Crippen molar-refractivity contribution < 1.29 is 19.4 Å². The number of carbonyl (C=O) groups excluding carboxylic acids is 1. The van der Waals surface area contributed by atoms with Crippen molar-refractivity contribution in [2.75, 3.05) is 0 Å². The minimum Gasteiger partial charge on any atom is -0.478 e. The number of hydrogen-bond acceptors (Lipinski definition) is 3. The van der Waals surface area contributed by atoms with Crippen LogP contribution in [-0.2, 0) is 4.74 Å². The van der Waals surface area contributed by atoms with Gasteiger partial charge in [-0.1, -0.05) is 44.7 Å². The Kier molecular flexibility index (Phi) is 6.20. The fourth-order valence-electron chi connectivity index (χ4n) is 3.53. The molecule has 0 aliphatic heterocycles. The maximum Gasteiger partial charge on any atom is 0.339 e. The summed E-state index contributed by atoms with van der Waals surface area (Å²) in [7, 11) is 0. The second-order valence-electron chi connectivity index (χ2n) is 6.53. The number of ether oxygens (including phenoxy) is 1. The van der Waals surface area contributed by atoms with Crippen molar-refractivity contribution in [1.29, 1.82) is 0 Å². The van der Waals surface area contributed by atoms with E-state index in [1.165, 1.54) is 37.8 Å². The molecule has 2 rings (SSSR count). The third-order valence-corrected chi connectivity index (χ3v) is 4.92. The second kappa shape index (κ2) is 8.14. The molecule has 0 heterocycles. The van der Waals surface area contributed by atoms with Crippen LogP contribution in [0.15, 0.2) is 24.3 Å². The van der Waals surface area contributed by atoms with E-state index in [2.05, 4.69) is 6.92 Å². The Morgan fingerprint density at radius 2 is 1.78 bits per heavy atom. The van der Waals surface area contributed by atoms with Gasteiger partial charge in [-0.15, -0.1) is 0 Å². The standard InChI is InChI=1S/C19H26O4/c1-3-6-14-9-11-15(12-10-14)13(2)23-19(22)17-8-5-4-7-16(17)18(20)21/h4-5,7-8,13-15H,3,6,9-12H2,1-2H3,(H,20,21). The Labute approximate surface area is 137 Å². The zero-order valence-electron chi connectivity index (χ0n) is 14.0. The second-order valence-corrected chi connectivity index (χ2v) is 6.53. The first-order valence-electron chi connectivity index (χ1n) is 8.56. The molecule has 23 heavy (non-hydrogen) atoms. The lowest BCUT2D eigenvalue weighted by Crippen LogP contribution is -2.28. The van der Waals surface area contributed by atoms with Crippen molar-refractivity contribution in [1.82, 2.24) is 0 Å². The summed E-state index contributed by atoms with van der Waals surface area (Å²) in [4.78, 5) is 23.5. The van der Waals surface area contributed by atoms with Crippen molar-refractivity contribution in [2.24, 2.45) is 11.8 Å². The van der Waals surface area contributed by atoms with Gasteiger partial charge in [0.2, 0.25) is 0 Å². The van der Waals surface area contributed by atoms with Gasteiger partial charge in [-0.3, -0.25) is 0 Å². The topological polar surface area (TPSA) is 63.6 Å². The molecule has 0 radical (unpaired) electrons. The SMILES string of the molecule is CCCC1CCC(C(C)OC(=O)c2ccccc2C(=O)O)CC1. The fraction of sp³-hybridized carbons (Fsp3) is 0.579. The quantitative estimate of drug-likeness (QED) is 0.782. The lowest BCUT2D eigenvalue weighted by Gasteiger charge is -2.31. The van der Waals surface area contributed by atoms with Gasteiger partial charge in [0, 0.05) is 0 Å². The van der Waals surface area contributed by atoms with E-state index in [1.54, 1.807) is 12.1 Å². The minimum atomic E-state index is -1.11. The summed E-state index contributed by atoms with van der Waals surface area (Å²) in [6, 6.07) is 6.21. The number of carbonyl (C=O) groups is 2. The molecule has 4 heteroatoms. The van der Waals surface area contributed by atoms with E-state index in [0.29, 0.717) is 5.92 Å². The molecule has 1 aliphatic rings. The maximum absolute atomic E-state index is 12.3. The van der Waals surface area contributed by atoms with Crippen molar-refractivity contribution in [3.05, 3.63) is 35.4 Å². The smallest absolute Gasteiger partial charge is 0.339 e. The van der Waals surface area contributed by atoms with Gasteiger partial charge in [-0.05, 0) is 43.7 Å². The van der Waals surface area contributed by atoms with Crippen LogP contribution in [-0.4, -0.2) is 23.1 Å². The van der Waals surface area contributed by atoms with Gasteiger partial charge in [-0.2, -0.15) is 0 Å². The predicted octanol–water partition coefficient (Wildman–Crippen LogP) is 4.54. The molecule has 4 nitrogen and oxygen atoms in total. The van der Waals surface area contributed by atoms with Crippen molar-refractivity contribution >= 4 is 11.9 Å². The summed E-state index contributed by atoms with van der Waals surface area (Å²) in [6.07, 6.45) is 6.91. The predicted molar refractivity (Wildman–Crippen MR) is 88.6 cm³/mol. The summed E-state index contributed by atoms with van der Waals surface area (Å²) >= 11 is 0. The molecule has 1 aromatic rings. The van der Waals surface area contributed by atoms with Gasteiger partial charge in [0.15, 0.2) is 0 Å². The number of carboxylic acid groups (broad SMARTS) is 1. The molecule has 1 aromatic carbocycles. The average Bonchev–Trinajstić information content (AvgIpc) is 2.55. The Morgan fingerprint density at radius 3 is 2.35 bits per heavy atom. The normalized spacial score (nSPS) is 22.3. The van der Waals surface area contributed by atoms with Gasteiger partial charge >= 0.3 is 11.9 Å². The van der Waals surface area contributed by atoms with Crippen LogP contribution in [0, 0.1) is 11.8 Å². The first-order valence-corrected chi connectivity index (χ1v) is 8.56. The van der Waals surface area contributed by atoms with Crippen molar-refractivity contribution in [2.45, 2.75) is 58.5 Å². The summed E-state index contributed by atoms with van der Waals surface area (Å²) in [5.74, 6) is -0.451. The Hall–Kier alpha value is -1.84. The maximum atomic E-state index is 12.3. The van der Waals surface area contributed by atoms with E-state index in [9.17, 15) is 9.59 Å². The van der Waals surface area contributed by atoms with Crippen LogP contribution in [0.3, 0.4) is 0 Å². The molecule has 1 unspecified atom stereocenters. The highest BCUT2D eigenvalue weighted by molar-refractivity contribution is 6.02. The number of rotatable bonds is 6. The number of benzene rings is 1. The zero-order valence-corrected chi connectivity index (χ0v) is 14.0. The molecule has 126 valence electrons. The van der Waals surface area contributed by atoms with Gasteiger partial charge in [0.1, 0.15) is 6.10 Å².